The lowest BCUT2D eigenvalue weighted by molar-refractivity contribution is -0.275. The summed E-state index contributed by atoms with van der Waals surface area (Å²) in [7, 11) is 0. The van der Waals surface area contributed by atoms with Gasteiger partial charge in [-0.2, -0.15) is 0 Å². The molecule has 10 atom stereocenters. The Morgan fingerprint density at radius 3 is 2.51 bits per heavy atom. The van der Waals surface area contributed by atoms with Gasteiger partial charge < -0.3 is 28.5 Å². The van der Waals surface area contributed by atoms with Crippen LogP contribution in [-0.4, -0.2) is 58.9 Å². The lowest BCUT2D eigenvalue weighted by atomic mass is 9.33. The third-order valence-corrected chi connectivity index (χ3v) is 13.8. The number of esters is 2. The largest absolute Gasteiger partial charge is 0.469 e. The van der Waals surface area contributed by atoms with Gasteiger partial charge in [-0.15, -0.1) is 0 Å². The van der Waals surface area contributed by atoms with Crippen molar-refractivity contribution in [3.05, 3.63) is 23.7 Å². The minimum Gasteiger partial charge on any atom is -0.469 e. The van der Waals surface area contributed by atoms with Gasteiger partial charge in [0.15, 0.2) is 11.9 Å². The van der Waals surface area contributed by atoms with Gasteiger partial charge in [-0.1, -0.05) is 46.0 Å². The molecule has 0 amide bonds. The van der Waals surface area contributed by atoms with Gasteiger partial charge in [0.25, 0.3) is 0 Å². The van der Waals surface area contributed by atoms with Crippen LogP contribution in [0.4, 0.5) is 0 Å². The van der Waals surface area contributed by atoms with Gasteiger partial charge in [-0.25, -0.2) is 4.79 Å². The fraction of sp³-hybridized carbons (Fsp3) is 0.806. The summed E-state index contributed by atoms with van der Waals surface area (Å²) in [6.45, 7) is 8.22. The summed E-state index contributed by atoms with van der Waals surface area (Å²) in [5, 5.41) is 12.8. The van der Waals surface area contributed by atoms with Gasteiger partial charge in [-0.05, 0) is 63.9 Å². The van der Waals surface area contributed by atoms with Crippen molar-refractivity contribution in [2.24, 2.45) is 34.0 Å². The topological polar surface area (TPSA) is 125 Å². The van der Waals surface area contributed by atoms with E-state index in [0.29, 0.717) is 12.8 Å². The average Bonchev–Trinajstić information content (AvgIpc) is 3.54. The quantitative estimate of drug-likeness (QED) is 0.252. The van der Waals surface area contributed by atoms with Gasteiger partial charge in [0, 0.05) is 28.2 Å². The molecule has 9 nitrogen and oxygen atoms in total. The number of rotatable bonds is 6. The smallest absolute Gasteiger partial charge is 0.339 e. The molecule has 45 heavy (non-hydrogen) atoms. The molecule has 1 aromatic heterocycles. The van der Waals surface area contributed by atoms with E-state index >= 15 is 0 Å². The summed E-state index contributed by atoms with van der Waals surface area (Å²) < 4.78 is 31.7. The van der Waals surface area contributed by atoms with E-state index in [0.717, 1.165) is 69.1 Å². The number of ether oxygens (including phenoxy) is 4. The highest BCUT2D eigenvalue weighted by molar-refractivity contribution is 5.92. The van der Waals surface area contributed by atoms with Crippen LogP contribution in [0.3, 0.4) is 0 Å². The van der Waals surface area contributed by atoms with Gasteiger partial charge in [0.2, 0.25) is 0 Å². The Morgan fingerprint density at radius 2 is 1.76 bits per heavy atom. The first-order valence-electron chi connectivity index (χ1n) is 17.5. The molecule has 5 heterocycles. The van der Waals surface area contributed by atoms with Crippen molar-refractivity contribution in [3.8, 4) is 0 Å². The van der Waals surface area contributed by atoms with Crippen LogP contribution < -0.4 is 0 Å². The molecule has 2 spiro atoms. The van der Waals surface area contributed by atoms with E-state index in [9.17, 15) is 19.5 Å². The molecule has 8 rings (SSSR count). The van der Waals surface area contributed by atoms with Crippen molar-refractivity contribution in [2.45, 2.75) is 140 Å². The van der Waals surface area contributed by atoms with Crippen LogP contribution in [-0.2, 0) is 39.8 Å². The number of aliphatic hydroxyl groups is 1. The first-order chi connectivity index (χ1) is 21.5. The minimum atomic E-state index is -1.34. The molecule has 0 radical (unpaired) electrons. The Bertz CT molecular complexity index is 1410. The summed E-state index contributed by atoms with van der Waals surface area (Å²) in [4.78, 5) is 41.7. The molecule has 9 heteroatoms. The number of fused-ring (bicyclic) bond motifs is 1. The number of aliphatic hydroxyl groups excluding tert-OH is 1. The van der Waals surface area contributed by atoms with Crippen LogP contribution in [0.1, 0.15) is 116 Å². The molecule has 1 aromatic rings. The molecule has 0 aromatic carbocycles. The number of hydrogen-bond acceptors (Lipinski definition) is 9. The van der Waals surface area contributed by atoms with E-state index in [-0.39, 0.29) is 36.6 Å². The number of ketones is 1. The van der Waals surface area contributed by atoms with Crippen molar-refractivity contribution < 1.29 is 42.9 Å². The molecule has 246 valence electrons. The molecule has 3 saturated carbocycles. The molecule has 7 aliphatic rings. The van der Waals surface area contributed by atoms with Crippen molar-refractivity contribution in [2.75, 3.05) is 6.61 Å². The van der Waals surface area contributed by atoms with Gasteiger partial charge in [0.1, 0.15) is 30.2 Å². The van der Waals surface area contributed by atoms with Crippen LogP contribution in [0.25, 0.3) is 0 Å². The maximum absolute atomic E-state index is 14.9. The zero-order valence-electron chi connectivity index (χ0n) is 27.1. The maximum atomic E-state index is 14.9. The maximum Gasteiger partial charge on any atom is 0.339 e. The number of furan rings is 1. The number of hydrogen-bond donors (Lipinski definition) is 1. The summed E-state index contributed by atoms with van der Waals surface area (Å²) >= 11 is 0. The van der Waals surface area contributed by atoms with E-state index in [4.69, 9.17) is 23.4 Å². The second-order valence-electron chi connectivity index (χ2n) is 16.0. The Hall–Kier alpha value is -2.23. The molecule has 0 bridgehead atoms. The Kier molecular flexibility index (Phi) is 6.62. The van der Waals surface area contributed by atoms with Crippen LogP contribution in [0.15, 0.2) is 16.7 Å². The molecular weight excluding hydrogens is 576 g/mol. The lowest BCUT2D eigenvalue weighted by Gasteiger charge is -2.70. The van der Waals surface area contributed by atoms with Crippen LogP contribution >= 0.6 is 0 Å². The van der Waals surface area contributed by atoms with Crippen molar-refractivity contribution in [1.82, 2.24) is 0 Å². The molecule has 1 unspecified atom stereocenters. The predicted octanol–water partition coefficient (Wildman–Crippen LogP) is 5.40. The first-order valence-corrected chi connectivity index (χ1v) is 17.5. The lowest BCUT2D eigenvalue weighted by Crippen LogP contribution is -2.79. The van der Waals surface area contributed by atoms with Crippen LogP contribution in [0.2, 0.25) is 0 Å². The third kappa shape index (κ3) is 3.53. The van der Waals surface area contributed by atoms with Crippen molar-refractivity contribution in [3.63, 3.8) is 0 Å². The summed E-state index contributed by atoms with van der Waals surface area (Å²) in [5.74, 6) is -1.10. The normalized spacial score (nSPS) is 46.6. The van der Waals surface area contributed by atoms with Gasteiger partial charge >= 0.3 is 11.9 Å². The number of unbranched alkanes of at least 4 members (excludes halogenated alkanes) is 2. The Balaban J connectivity index is 1.33. The van der Waals surface area contributed by atoms with E-state index < -0.39 is 63.8 Å². The minimum absolute atomic E-state index is 0.0444. The Morgan fingerprint density at radius 1 is 0.978 bits per heavy atom. The molecule has 3 aliphatic carbocycles. The fourth-order valence-corrected chi connectivity index (χ4v) is 12.3. The molecular formula is C36H48O9. The highest BCUT2D eigenvalue weighted by atomic mass is 16.7. The second kappa shape index (κ2) is 9.89. The van der Waals surface area contributed by atoms with Gasteiger partial charge in [-0.3, -0.25) is 9.59 Å². The van der Waals surface area contributed by atoms with Crippen LogP contribution in [0, 0.1) is 34.0 Å². The molecule has 1 N–H and O–H groups in total. The molecule has 4 saturated heterocycles. The van der Waals surface area contributed by atoms with Crippen LogP contribution in [0.5, 0.6) is 0 Å². The highest BCUT2D eigenvalue weighted by Gasteiger charge is 2.92. The van der Waals surface area contributed by atoms with Gasteiger partial charge in [0.05, 0.1) is 30.3 Å². The number of epoxide rings is 1. The summed E-state index contributed by atoms with van der Waals surface area (Å²) in [6.07, 6.45) is 8.41. The zero-order chi connectivity index (χ0) is 31.6. The monoisotopic (exact) mass is 624 g/mol. The molecule has 7 fully saturated rings. The van der Waals surface area contributed by atoms with Crippen molar-refractivity contribution in [1.29, 1.82) is 0 Å². The standard InChI is InChI=1S/C36H48O9/c1-5-6-8-13-22-21(15-17-41-22)29-33(4)16-14-23-34-19-42-25(37)18-24(34)44-32(2,3)27(34)26(38)28(39)35(23,20-11-9-7-10-12-20)36(33)30(45-36)31(40)43-29/h15,17,20,23-24,27-30,39H,5-14,16,18-19H2,1-4H3/t23?,24-,27+,28+,29+,30+,33+,34-,35-,36-/m0/s1. The fourth-order valence-electron chi connectivity index (χ4n) is 12.3. The van der Waals surface area contributed by atoms with E-state index in [2.05, 4.69) is 13.8 Å². The average molecular weight is 625 g/mol. The summed E-state index contributed by atoms with van der Waals surface area (Å²) in [6, 6.07) is 1.93. The summed E-state index contributed by atoms with van der Waals surface area (Å²) in [5.41, 5.74) is -3.71. The predicted molar refractivity (Wildman–Crippen MR) is 160 cm³/mol. The highest BCUT2D eigenvalue weighted by Crippen LogP contribution is 2.82. The van der Waals surface area contributed by atoms with Crippen molar-refractivity contribution >= 4 is 17.7 Å². The van der Waals surface area contributed by atoms with E-state index in [1.165, 1.54) is 0 Å². The first kappa shape index (κ1) is 30.1. The van der Waals surface area contributed by atoms with E-state index in [1.54, 1.807) is 6.26 Å². The third-order valence-electron chi connectivity index (χ3n) is 13.8. The number of carbonyl (C=O) groups is 3. The number of Topliss-reactive ketones (excluding diaryl/α,β-unsaturated/α-hetero) is 1. The Labute approximate surface area is 265 Å². The molecule has 4 aliphatic heterocycles. The van der Waals surface area contributed by atoms with E-state index in [1.807, 2.05) is 19.9 Å². The number of aryl methyl sites for hydroxylation is 1. The number of cyclic esters (lactones) is 2. The number of carbonyl (C=O) groups excluding carboxylic acids is 3. The SMILES string of the molecule is CCCCCc1occc1[C@H]1OC(=O)[C@H]2O[C@@]23[C@@]2(C4CCCCC4)C(CC[C@]13C)[C@@]13COC(=O)C[C@@H]1OC(C)(C)[C@H]3C(=O)[C@H]2O. The second-order valence-corrected chi connectivity index (χ2v) is 16.0. The zero-order valence-corrected chi connectivity index (χ0v) is 27.1.